The van der Waals surface area contributed by atoms with E-state index in [1.807, 2.05) is 6.92 Å². The highest BCUT2D eigenvalue weighted by Crippen LogP contribution is 2.60. The van der Waals surface area contributed by atoms with E-state index in [1.54, 1.807) is 6.92 Å². The molecule has 1 fully saturated rings. The molecule has 2 rings (SSSR count). The molecule has 3 atom stereocenters. The fourth-order valence-corrected chi connectivity index (χ4v) is 4.14. The van der Waals surface area contributed by atoms with E-state index >= 15 is 0 Å². The van der Waals surface area contributed by atoms with Gasteiger partial charge in [-0.2, -0.15) is 0 Å². The number of hydrogen-bond donors (Lipinski definition) is 2. The predicted octanol–water partition coefficient (Wildman–Crippen LogP) is 2.65. The van der Waals surface area contributed by atoms with E-state index < -0.39 is 16.6 Å². The maximum absolute atomic E-state index is 11.0. The first-order valence-corrected chi connectivity index (χ1v) is 6.74. The molecule has 2 aliphatic rings. The van der Waals surface area contributed by atoms with Crippen molar-refractivity contribution in [2.24, 2.45) is 10.8 Å². The van der Waals surface area contributed by atoms with E-state index in [-0.39, 0.29) is 5.41 Å². The van der Waals surface area contributed by atoms with Crippen molar-refractivity contribution < 1.29 is 10.2 Å². The fraction of sp³-hybridized carbons (Fsp3) is 0.750. The molecule has 0 aliphatic heterocycles. The maximum atomic E-state index is 11.0. The van der Waals surface area contributed by atoms with Crippen LogP contribution in [-0.2, 0) is 0 Å². The zero-order valence-corrected chi connectivity index (χ0v) is 11.9. The van der Waals surface area contributed by atoms with Gasteiger partial charge in [0.1, 0.15) is 5.60 Å². The fourth-order valence-electron chi connectivity index (χ4n) is 4.14. The molecule has 0 heterocycles. The molecule has 0 aromatic rings. The molecule has 2 heteroatoms. The Kier molecular flexibility index (Phi) is 2.74. The summed E-state index contributed by atoms with van der Waals surface area (Å²) < 4.78 is 0. The first-order chi connectivity index (χ1) is 8.11. The Morgan fingerprint density at radius 1 is 1.17 bits per heavy atom. The predicted molar refractivity (Wildman–Crippen MR) is 72.8 cm³/mol. The van der Waals surface area contributed by atoms with Gasteiger partial charge in [0.05, 0.1) is 0 Å². The Balaban J connectivity index is 2.65. The lowest BCUT2D eigenvalue weighted by Crippen LogP contribution is -2.65. The standard InChI is InChI=1S/C16H24O2/c1-6-16(18)14(4)10-7-9-13(2,3)12(14)8-11-15(16,5)17/h1,8,17-18H,7,9-11H2,2-5H3/t14-,15+,16?/m0/s1. The third-order valence-electron chi connectivity index (χ3n) is 5.29. The quantitative estimate of drug-likeness (QED) is 0.511. The second-order valence-corrected chi connectivity index (χ2v) is 7.02. The lowest BCUT2D eigenvalue weighted by molar-refractivity contribution is -0.174. The van der Waals surface area contributed by atoms with Crippen LogP contribution in [-0.4, -0.2) is 21.4 Å². The lowest BCUT2D eigenvalue weighted by Gasteiger charge is -2.59. The summed E-state index contributed by atoms with van der Waals surface area (Å²) >= 11 is 0. The van der Waals surface area contributed by atoms with Crippen LogP contribution in [0.1, 0.15) is 53.4 Å². The van der Waals surface area contributed by atoms with E-state index in [1.165, 1.54) is 5.57 Å². The summed E-state index contributed by atoms with van der Waals surface area (Å²) in [4.78, 5) is 0. The topological polar surface area (TPSA) is 40.5 Å². The minimum atomic E-state index is -1.48. The summed E-state index contributed by atoms with van der Waals surface area (Å²) in [5.74, 6) is 2.51. The van der Waals surface area contributed by atoms with Crippen molar-refractivity contribution >= 4 is 0 Å². The number of terminal acetylenes is 1. The van der Waals surface area contributed by atoms with E-state index in [4.69, 9.17) is 6.42 Å². The summed E-state index contributed by atoms with van der Waals surface area (Å²) in [6.07, 6.45) is 11.1. The van der Waals surface area contributed by atoms with Crippen molar-refractivity contribution in [2.45, 2.75) is 64.6 Å². The van der Waals surface area contributed by atoms with Crippen LogP contribution < -0.4 is 0 Å². The highest BCUT2D eigenvalue weighted by Gasteiger charge is 2.63. The van der Waals surface area contributed by atoms with Gasteiger partial charge >= 0.3 is 0 Å². The van der Waals surface area contributed by atoms with Crippen molar-refractivity contribution in [3.05, 3.63) is 11.6 Å². The molecule has 0 saturated heterocycles. The molecule has 2 aliphatic carbocycles. The van der Waals surface area contributed by atoms with Gasteiger partial charge in [-0.1, -0.05) is 44.8 Å². The van der Waals surface area contributed by atoms with Gasteiger partial charge in [0.2, 0.25) is 0 Å². The zero-order valence-electron chi connectivity index (χ0n) is 11.9. The largest absolute Gasteiger partial charge is 0.386 e. The normalized spacial score (nSPS) is 46.8. The smallest absolute Gasteiger partial charge is 0.162 e. The third-order valence-corrected chi connectivity index (χ3v) is 5.29. The van der Waals surface area contributed by atoms with Crippen molar-refractivity contribution in [2.75, 3.05) is 0 Å². The molecule has 0 aromatic heterocycles. The Morgan fingerprint density at radius 2 is 1.78 bits per heavy atom. The van der Waals surface area contributed by atoms with Gasteiger partial charge in [-0.05, 0) is 31.6 Å². The van der Waals surface area contributed by atoms with Gasteiger partial charge in [-0.3, -0.25) is 0 Å². The van der Waals surface area contributed by atoms with Gasteiger partial charge in [-0.15, -0.1) is 6.42 Å². The highest BCUT2D eigenvalue weighted by atomic mass is 16.4. The zero-order chi connectivity index (χ0) is 13.8. The molecule has 1 unspecified atom stereocenters. The molecule has 0 radical (unpaired) electrons. The van der Waals surface area contributed by atoms with Crippen LogP contribution in [0.2, 0.25) is 0 Å². The summed E-state index contributed by atoms with van der Waals surface area (Å²) in [6, 6.07) is 0. The molecular weight excluding hydrogens is 224 g/mol. The minimum absolute atomic E-state index is 0.0499. The van der Waals surface area contributed by atoms with E-state index in [9.17, 15) is 10.2 Å². The SMILES string of the molecule is C#CC1(O)[C@@]2(C)CCCC(C)(C)C2=CC[C@@]1(C)O. The third kappa shape index (κ3) is 1.44. The van der Waals surface area contributed by atoms with Crippen LogP contribution in [0, 0.1) is 23.2 Å². The van der Waals surface area contributed by atoms with Gasteiger partial charge in [0.25, 0.3) is 0 Å². The summed E-state index contributed by atoms with van der Waals surface area (Å²) in [5.41, 5.74) is -2.00. The van der Waals surface area contributed by atoms with E-state index in [0.29, 0.717) is 6.42 Å². The lowest BCUT2D eigenvalue weighted by atomic mass is 9.48. The number of rotatable bonds is 0. The molecular formula is C16H24O2. The highest BCUT2D eigenvalue weighted by molar-refractivity contribution is 5.40. The minimum Gasteiger partial charge on any atom is -0.386 e. The van der Waals surface area contributed by atoms with Crippen LogP contribution in [0.3, 0.4) is 0 Å². The van der Waals surface area contributed by atoms with Gasteiger partial charge in [0.15, 0.2) is 5.60 Å². The first-order valence-electron chi connectivity index (χ1n) is 6.74. The maximum Gasteiger partial charge on any atom is 0.162 e. The van der Waals surface area contributed by atoms with Crippen molar-refractivity contribution in [1.82, 2.24) is 0 Å². The van der Waals surface area contributed by atoms with Crippen LogP contribution in [0.25, 0.3) is 0 Å². The summed E-state index contributed by atoms with van der Waals surface area (Å²) in [6.45, 7) is 8.06. The monoisotopic (exact) mass is 248 g/mol. The number of hydrogen-bond acceptors (Lipinski definition) is 2. The second kappa shape index (κ2) is 3.62. The average molecular weight is 248 g/mol. The van der Waals surface area contributed by atoms with Crippen molar-refractivity contribution in [1.29, 1.82) is 0 Å². The molecule has 2 nitrogen and oxygen atoms in total. The molecule has 2 N–H and O–H groups in total. The van der Waals surface area contributed by atoms with Crippen LogP contribution in [0.15, 0.2) is 11.6 Å². The Morgan fingerprint density at radius 3 is 2.33 bits per heavy atom. The summed E-state index contributed by atoms with van der Waals surface area (Å²) in [7, 11) is 0. The Labute approximate surface area is 110 Å². The van der Waals surface area contributed by atoms with Crippen LogP contribution in [0.5, 0.6) is 0 Å². The van der Waals surface area contributed by atoms with Crippen molar-refractivity contribution in [3.63, 3.8) is 0 Å². The molecule has 0 spiro atoms. The van der Waals surface area contributed by atoms with E-state index in [2.05, 4.69) is 25.8 Å². The van der Waals surface area contributed by atoms with Gasteiger partial charge in [0, 0.05) is 5.41 Å². The molecule has 100 valence electrons. The average Bonchev–Trinajstić information content (AvgIpc) is 2.24. The van der Waals surface area contributed by atoms with E-state index in [0.717, 1.165) is 19.3 Å². The summed E-state index contributed by atoms with van der Waals surface area (Å²) in [5, 5.41) is 21.5. The molecule has 1 saturated carbocycles. The molecule has 0 bridgehead atoms. The van der Waals surface area contributed by atoms with Gasteiger partial charge in [-0.25, -0.2) is 0 Å². The van der Waals surface area contributed by atoms with Gasteiger partial charge < -0.3 is 10.2 Å². The molecule has 0 amide bonds. The van der Waals surface area contributed by atoms with Crippen LogP contribution >= 0.6 is 0 Å². The molecule has 18 heavy (non-hydrogen) atoms. The van der Waals surface area contributed by atoms with Crippen molar-refractivity contribution in [3.8, 4) is 12.3 Å². The van der Waals surface area contributed by atoms with Crippen LogP contribution in [0.4, 0.5) is 0 Å². The first kappa shape index (κ1) is 13.6. The number of aliphatic hydroxyl groups is 2. The number of fused-ring (bicyclic) bond motifs is 1. The Bertz CT molecular complexity index is 439. The second-order valence-electron chi connectivity index (χ2n) is 7.02. The molecule has 0 aromatic carbocycles. The Hall–Kier alpha value is -0.780.